The minimum atomic E-state index is -2.63. The Morgan fingerprint density at radius 2 is 2.12 bits per heavy atom. The first-order chi connectivity index (χ1) is 7.82. The molecule has 1 aromatic rings. The van der Waals surface area contributed by atoms with E-state index in [1.54, 1.807) is 6.92 Å². The van der Waals surface area contributed by atoms with E-state index in [-0.39, 0.29) is 5.75 Å². The van der Waals surface area contributed by atoms with Gasteiger partial charge in [-0.2, -0.15) is 4.39 Å². The number of nitrogens with zero attached hydrogens (tertiary/aromatic N) is 1. The van der Waals surface area contributed by atoms with Crippen LogP contribution in [0.3, 0.4) is 0 Å². The van der Waals surface area contributed by atoms with Crippen molar-refractivity contribution in [1.82, 2.24) is 0 Å². The topological polar surface area (TPSA) is 89.7 Å². The number of carboxylic acid groups (broad SMARTS) is 1. The van der Waals surface area contributed by atoms with Crippen molar-refractivity contribution in [2.24, 2.45) is 0 Å². The quantitative estimate of drug-likeness (QED) is 0.645. The van der Waals surface area contributed by atoms with Crippen molar-refractivity contribution >= 4 is 11.7 Å². The van der Waals surface area contributed by atoms with Crippen molar-refractivity contribution in [3.05, 3.63) is 33.4 Å². The van der Waals surface area contributed by atoms with Crippen molar-refractivity contribution in [3.63, 3.8) is 0 Å². The molecule has 1 atom stereocenters. The number of aliphatic carboxylic acids is 1. The molecule has 1 unspecified atom stereocenters. The van der Waals surface area contributed by atoms with Gasteiger partial charge in [-0.25, -0.2) is 4.79 Å². The van der Waals surface area contributed by atoms with Crippen molar-refractivity contribution in [1.29, 1.82) is 0 Å². The number of carbonyl (C=O) groups is 1. The third-order valence-corrected chi connectivity index (χ3v) is 2.01. The first kappa shape index (κ1) is 12.9. The first-order valence-electron chi connectivity index (χ1n) is 4.62. The molecule has 92 valence electrons. The van der Waals surface area contributed by atoms with E-state index in [1.165, 1.54) is 19.1 Å². The Kier molecular flexibility index (Phi) is 3.62. The lowest BCUT2D eigenvalue weighted by atomic mass is 10.1. The van der Waals surface area contributed by atoms with Gasteiger partial charge in [-0.3, -0.25) is 10.1 Å². The van der Waals surface area contributed by atoms with E-state index in [1.807, 2.05) is 0 Å². The van der Waals surface area contributed by atoms with Gasteiger partial charge in [0.15, 0.2) is 0 Å². The predicted octanol–water partition coefficient (Wildman–Crippen LogP) is 1.97. The first-order valence-corrected chi connectivity index (χ1v) is 4.62. The maximum absolute atomic E-state index is 12.9. The van der Waals surface area contributed by atoms with Gasteiger partial charge in [0.2, 0.25) is 5.75 Å². The fourth-order valence-electron chi connectivity index (χ4n) is 1.37. The summed E-state index contributed by atoms with van der Waals surface area (Å²) >= 11 is 0. The molecule has 1 N–H and O–H groups in total. The molecule has 0 saturated carbocycles. The van der Waals surface area contributed by atoms with Crippen LogP contribution in [0.15, 0.2) is 12.1 Å². The van der Waals surface area contributed by atoms with Gasteiger partial charge >= 0.3 is 18.0 Å². The van der Waals surface area contributed by atoms with E-state index in [2.05, 4.69) is 4.74 Å². The summed E-state index contributed by atoms with van der Waals surface area (Å²) in [7, 11) is 0. The van der Waals surface area contributed by atoms with Gasteiger partial charge in [-0.1, -0.05) is 6.07 Å². The van der Waals surface area contributed by atoms with Crippen LogP contribution in [0, 0.1) is 24.0 Å². The summed E-state index contributed by atoms with van der Waals surface area (Å²) in [6.45, 7) is 3.11. The molecule has 7 heteroatoms. The molecule has 1 rings (SSSR count). The molecule has 0 fully saturated rings. The Morgan fingerprint density at radius 1 is 1.53 bits per heavy atom. The highest BCUT2D eigenvalue weighted by Crippen LogP contribution is 2.32. The molecule has 17 heavy (non-hydrogen) atoms. The maximum atomic E-state index is 12.9. The van der Waals surface area contributed by atoms with E-state index in [0.717, 1.165) is 0 Å². The maximum Gasteiger partial charge on any atom is 0.378 e. The molecular weight excluding hydrogens is 233 g/mol. The SMILES string of the molecule is Cc1cc(C)c(OC(F)C(=O)O)c([N+](=O)[O-])c1. The molecule has 0 radical (unpaired) electrons. The van der Waals surface area contributed by atoms with Gasteiger partial charge in [0.05, 0.1) is 4.92 Å². The molecule has 0 saturated heterocycles. The van der Waals surface area contributed by atoms with Crippen LogP contribution in [-0.4, -0.2) is 22.4 Å². The summed E-state index contributed by atoms with van der Waals surface area (Å²) in [5.41, 5.74) is 0.458. The van der Waals surface area contributed by atoms with Crippen LogP contribution >= 0.6 is 0 Å². The lowest BCUT2D eigenvalue weighted by Crippen LogP contribution is -2.22. The van der Waals surface area contributed by atoms with E-state index in [4.69, 9.17) is 5.11 Å². The summed E-state index contributed by atoms with van der Waals surface area (Å²) in [5, 5.41) is 19.1. The lowest BCUT2D eigenvalue weighted by Gasteiger charge is -2.11. The second kappa shape index (κ2) is 4.77. The van der Waals surface area contributed by atoms with Gasteiger partial charge in [0.1, 0.15) is 0 Å². The fraction of sp³-hybridized carbons (Fsp3) is 0.300. The number of halogens is 1. The molecule has 0 aliphatic carbocycles. The van der Waals surface area contributed by atoms with Crippen molar-refractivity contribution < 1.29 is 24.0 Å². The highest BCUT2D eigenvalue weighted by Gasteiger charge is 2.25. The normalized spacial score (nSPS) is 11.9. The summed E-state index contributed by atoms with van der Waals surface area (Å²) in [6, 6.07) is 2.73. The summed E-state index contributed by atoms with van der Waals surface area (Å²) < 4.78 is 17.3. The summed E-state index contributed by atoms with van der Waals surface area (Å²) in [5.74, 6) is -2.20. The largest absolute Gasteiger partial charge is 0.476 e. The molecule has 0 aliphatic heterocycles. The Labute approximate surface area is 95.8 Å². The molecule has 1 aromatic carbocycles. The molecule has 0 spiro atoms. The van der Waals surface area contributed by atoms with Gasteiger partial charge in [0.25, 0.3) is 0 Å². The zero-order chi connectivity index (χ0) is 13.2. The molecule has 0 aliphatic rings. The second-order valence-corrected chi connectivity index (χ2v) is 3.46. The van der Waals surface area contributed by atoms with Crippen LogP contribution < -0.4 is 4.74 Å². The fourth-order valence-corrected chi connectivity index (χ4v) is 1.37. The van der Waals surface area contributed by atoms with E-state index in [9.17, 15) is 19.3 Å². The standard InChI is InChI=1S/C10H10FNO5/c1-5-3-6(2)8(7(4-5)12(15)16)17-9(11)10(13)14/h3-4,9H,1-2H3,(H,13,14). The van der Waals surface area contributed by atoms with Crippen molar-refractivity contribution in [3.8, 4) is 5.75 Å². The molecular formula is C10H10FNO5. The zero-order valence-electron chi connectivity index (χ0n) is 9.14. The number of nitro benzene ring substituents is 1. The Bertz CT molecular complexity index is 474. The zero-order valence-corrected chi connectivity index (χ0v) is 9.14. The lowest BCUT2D eigenvalue weighted by molar-refractivity contribution is -0.386. The highest BCUT2D eigenvalue weighted by atomic mass is 19.1. The average molecular weight is 243 g/mol. The molecule has 0 bridgehead atoms. The Balaban J connectivity index is 3.21. The molecule has 0 aromatic heterocycles. The third kappa shape index (κ3) is 2.90. The number of hydrogen-bond acceptors (Lipinski definition) is 4. The van der Waals surface area contributed by atoms with Crippen molar-refractivity contribution in [2.75, 3.05) is 0 Å². The minimum absolute atomic E-state index is 0.306. The number of nitro groups is 1. The summed E-state index contributed by atoms with van der Waals surface area (Å²) in [4.78, 5) is 20.3. The number of hydrogen-bond donors (Lipinski definition) is 1. The number of alkyl halides is 1. The van der Waals surface area contributed by atoms with Crippen LogP contribution in [0.25, 0.3) is 0 Å². The number of aryl methyl sites for hydroxylation is 2. The van der Waals surface area contributed by atoms with E-state index in [0.29, 0.717) is 11.1 Å². The van der Waals surface area contributed by atoms with Gasteiger partial charge in [-0.05, 0) is 25.0 Å². The second-order valence-electron chi connectivity index (χ2n) is 3.46. The van der Waals surface area contributed by atoms with E-state index >= 15 is 0 Å². The Morgan fingerprint density at radius 3 is 2.59 bits per heavy atom. The predicted molar refractivity (Wildman–Crippen MR) is 55.7 cm³/mol. The van der Waals surface area contributed by atoms with Gasteiger partial charge in [-0.15, -0.1) is 0 Å². The average Bonchev–Trinajstić information content (AvgIpc) is 2.20. The number of rotatable bonds is 4. The van der Waals surface area contributed by atoms with Gasteiger partial charge in [0, 0.05) is 6.07 Å². The molecule has 0 heterocycles. The minimum Gasteiger partial charge on any atom is -0.476 e. The third-order valence-electron chi connectivity index (χ3n) is 2.01. The van der Waals surface area contributed by atoms with Crippen LogP contribution in [-0.2, 0) is 4.79 Å². The highest BCUT2D eigenvalue weighted by molar-refractivity contribution is 5.71. The Hall–Kier alpha value is -2.18. The number of ether oxygens (including phenoxy) is 1. The van der Waals surface area contributed by atoms with Crippen LogP contribution in [0.2, 0.25) is 0 Å². The smallest absolute Gasteiger partial charge is 0.378 e. The monoisotopic (exact) mass is 243 g/mol. The van der Waals surface area contributed by atoms with Crippen molar-refractivity contribution in [2.45, 2.75) is 20.2 Å². The van der Waals surface area contributed by atoms with Gasteiger partial charge < -0.3 is 9.84 Å². The van der Waals surface area contributed by atoms with Crippen LogP contribution in [0.1, 0.15) is 11.1 Å². The van der Waals surface area contributed by atoms with E-state index < -0.39 is 22.9 Å². The molecule has 0 amide bonds. The summed E-state index contributed by atoms with van der Waals surface area (Å²) in [6.07, 6.45) is -2.63. The number of benzene rings is 1. The van der Waals surface area contributed by atoms with Crippen LogP contribution in [0.5, 0.6) is 5.75 Å². The van der Waals surface area contributed by atoms with Crippen LogP contribution in [0.4, 0.5) is 10.1 Å². The number of carboxylic acids is 1. The molecule has 6 nitrogen and oxygen atoms in total.